The second-order valence-electron chi connectivity index (χ2n) is 5.92. The van der Waals surface area contributed by atoms with Crippen LogP contribution in [0.15, 0.2) is 55.1 Å². The summed E-state index contributed by atoms with van der Waals surface area (Å²) in [6.07, 6.45) is 0.479. The maximum Gasteiger partial charge on any atom is 0.265 e. The predicted molar refractivity (Wildman–Crippen MR) is 102 cm³/mol. The van der Waals surface area contributed by atoms with Gasteiger partial charge in [-0.15, -0.1) is 6.58 Å². The molecule has 0 radical (unpaired) electrons. The minimum absolute atomic E-state index is 0.0223. The average Bonchev–Trinajstić information content (AvgIpc) is 2.64. The number of carbonyl (C=O) groups is 1. The van der Waals surface area contributed by atoms with Crippen molar-refractivity contribution in [1.29, 1.82) is 0 Å². The van der Waals surface area contributed by atoms with E-state index in [-0.39, 0.29) is 18.0 Å². The van der Waals surface area contributed by atoms with Crippen LogP contribution in [0.25, 0.3) is 0 Å². The van der Waals surface area contributed by atoms with Crippen molar-refractivity contribution >= 4 is 21.6 Å². The van der Waals surface area contributed by atoms with Gasteiger partial charge in [-0.1, -0.05) is 18.2 Å². The van der Waals surface area contributed by atoms with Gasteiger partial charge in [-0.2, -0.15) is 0 Å². The van der Waals surface area contributed by atoms with Gasteiger partial charge in [0.25, 0.3) is 5.91 Å². The van der Waals surface area contributed by atoms with E-state index < -0.39 is 33.7 Å². The van der Waals surface area contributed by atoms with E-state index in [1.54, 1.807) is 24.3 Å². The van der Waals surface area contributed by atoms with Crippen molar-refractivity contribution in [3.8, 4) is 5.75 Å². The maximum atomic E-state index is 13.2. The van der Waals surface area contributed by atoms with Crippen LogP contribution in [0.5, 0.6) is 5.75 Å². The second kappa shape index (κ2) is 9.43. The van der Waals surface area contributed by atoms with Crippen molar-refractivity contribution in [3.05, 3.63) is 72.3 Å². The molecule has 0 saturated carbocycles. The van der Waals surface area contributed by atoms with Crippen LogP contribution in [-0.4, -0.2) is 27.0 Å². The van der Waals surface area contributed by atoms with Gasteiger partial charge < -0.3 is 10.1 Å². The molecule has 0 bridgehead atoms. The van der Waals surface area contributed by atoms with E-state index in [1.165, 1.54) is 19.1 Å². The maximum absolute atomic E-state index is 13.2. The van der Waals surface area contributed by atoms with Gasteiger partial charge in [0.05, 0.1) is 5.75 Å². The Morgan fingerprint density at radius 1 is 1.18 bits per heavy atom. The molecular formula is C19H20F2N2O4S. The molecule has 28 heavy (non-hydrogen) atoms. The summed E-state index contributed by atoms with van der Waals surface area (Å²) < 4.78 is 57.4. The van der Waals surface area contributed by atoms with Crippen molar-refractivity contribution in [3.63, 3.8) is 0 Å². The highest BCUT2D eigenvalue weighted by atomic mass is 32.2. The zero-order valence-electron chi connectivity index (χ0n) is 15.1. The number of halogens is 2. The van der Waals surface area contributed by atoms with E-state index >= 15 is 0 Å². The lowest BCUT2D eigenvalue weighted by Gasteiger charge is -2.15. The van der Waals surface area contributed by atoms with Crippen LogP contribution < -0.4 is 14.8 Å². The van der Waals surface area contributed by atoms with Gasteiger partial charge in [-0.25, -0.2) is 21.9 Å². The molecule has 2 N–H and O–H groups in total. The average molecular weight is 410 g/mol. The lowest BCUT2D eigenvalue weighted by atomic mass is 10.2. The Labute approximate surface area is 162 Å². The number of ether oxygens (including phenoxy) is 1. The standard InChI is InChI=1S/C19H20F2N2O4S/c1-3-10-22-28(25,26)12-14-4-6-15(7-5-14)23-19(24)13(2)27-16-8-9-17(20)18(21)11-16/h3-9,11,13,22H,1,10,12H2,2H3,(H,23,24). The summed E-state index contributed by atoms with van der Waals surface area (Å²) in [5.41, 5.74) is 0.978. The summed E-state index contributed by atoms with van der Waals surface area (Å²) in [5.74, 6) is -2.76. The van der Waals surface area contributed by atoms with Gasteiger partial charge in [0.1, 0.15) is 5.75 Å². The summed E-state index contributed by atoms with van der Waals surface area (Å²) in [6, 6.07) is 9.24. The number of hydrogen-bond donors (Lipinski definition) is 2. The molecule has 0 aromatic heterocycles. The first-order valence-corrected chi connectivity index (χ1v) is 9.95. The molecule has 150 valence electrons. The normalized spacial score (nSPS) is 12.2. The Balaban J connectivity index is 1.94. The summed E-state index contributed by atoms with van der Waals surface area (Å²) in [7, 11) is -3.47. The number of anilines is 1. The first kappa shape index (κ1) is 21.5. The largest absolute Gasteiger partial charge is 0.481 e. The molecule has 0 aliphatic rings. The van der Waals surface area contributed by atoms with E-state index in [0.29, 0.717) is 11.3 Å². The molecule has 2 aromatic carbocycles. The molecule has 0 spiro atoms. The molecule has 0 saturated heterocycles. The van der Waals surface area contributed by atoms with Crippen LogP contribution in [0.1, 0.15) is 12.5 Å². The van der Waals surface area contributed by atoms with Crippen LogP contribution in [-0.2, 0) is 20.6 Å². The molecule has 1 amide bonds. The summed E-state index contributed by atoms with van der Waals surface area (Å²) in [4.78, 5) is 12.2. The van der Waals surface area contributed by atoms with E-state index in [1.807, 2.05) is 0 Å². The van der Waals surface area contributed by atoms with Gasteiger partial charge in [-0.3, -0.25) is 4.79 Å². The third kappa shape index (κ3) is 6.43. The minimum Gasteiger partial charge on any atom is -0.481 e. The van der Waals surface area contributed by atoms with Gasteiger partial charge >= 0.3 is 0 Å². The zero-order valence-corrected chi connectivity index (χ0v) is 15.9. The molecule has 2 aromatic rings. The van der Waals surface area contributed by atoms with Crippen LogP contribution in [0.2, 0.25) is 0 Å². The number of amides is 1. The SMILES string of the molecule is C=CCNS(=O)(=O)Cc1ccc(NC(=O)C(C)Oc2ccc(F)c(F)c2)cc1. The number of hydrogen-bond acceptors (Lipinski definition) is 4. The van der Waals surface area contributed by atoms with Crippen LogP contribution >= 0.6 is 0 Å². The Hall–Kier alpha value is -2.78. The van der Waals surface area contributed by atoms with Gasteiger partial charge in [0, 0.05) is 18.3 Å². The molecule has 1 atom stereocenters. The third-order valence-corrected chi connectivity index (χ3v) is 4.92. The van der Waals surface area contributed by atoms with E-state index in [4.69, 9.17) is 4.74 Å². The van der Waals surface area contributed by atoms with Crippen molar-refractivity contribution in [2.75, 3.05) is 11.9 Å². The number of rotatable bonds is 9. The zero-order chi connectivity index (χ0) is 20.7. The van der Waals surface area contributed by atoms with Crippen LogP contribution in [0, 0.1) is 11.6 Å². The predicted octanol–water partition coefficient (Wildman–Crippen LogP) is 2.98. The number of nitrogens with one attached hydrogen (secondary N) is 2. The lowest BCUT2D eigenvalue weighted by Crippen LogP contribution is -2.30. The smallest absolute Gasteiger partial charge is 0.265 e. The molecule has 0 heterocycles. The van der Waals surface area contributed by atoms with Crippen molar-refractivity contribution in [2.24, 2.45) is 0 Å². The van der Waals surface area contributed by atoms with E-state index in [2.05, 4.69) is 16.6 Å². The summed E-state index contributed by atoms with van der Waals surface area (Å²) in [6.45, 7) is 5.05. The van der Waals surface area contributed by atoms with Gasteiger partial charge in [0.2, 0.25) is 10.0 Å². The molecule has 0 aliphatic carbocycles. The third-order valence-electron chi connectivity index (χ3n) is 3.60. The first-order valence-electron chi connectivity index (χ1n) is 8.30. The molecule has 2 rings (SSSR count). The highest BCUT2D eigenvalue weighted by molar-refractivity contribution is 7.88. The molecular weight excluding hydrogens is 390 g/mol. The van der Waals surface area contributed by atoms with Gasteiger partial charge in [0.15, 0.2) is 17.7 Å². The monoisotopic (exact) mass is 410 g/mol. The second-order valence-corrected chi connectivity index (χ2v) is 7.73. The lowest BCUT2D eigenvalue weighted by molar-refractivity contribution is -0.122. The topological polar surface area (TPSA) is 84.5 Å². The molecule has 0 fully saturated rings. The van der Waals surface area contributed by atoms with Crippen LogP contribution in [0.3, 0.4) is 0 Å². The van der Waals surface area contributed by atoms with Gasteiger partial charge in [-0.05, 0) is 36.8 Å². The van der Waals surface area contributed by atoms with E-state index in [0.717, 1.165) is 12.1 Å². The van der Waals surface area contributed by atoms with E-state index in [9.17, 15) is 22.0 Å². The number of benzene rings is 2. The Bertz CT molecular complexity index is 947. The van der Waals surface area contributed by atoms with Crippen molar-refractivity contribution in [2.45, 2.75) is 18.8 Å². The number of sulfonamides is 1. The summed E-state index contributed by atoms with van der Waals surface area (Å²) >= 11 is 0. The van der Waals surface area contributed by atoms with Crippen molar-refractivity contribution in [1.82, 2.24) is 4.72 Å². The Kier molecular flexibility index (Phi) is 7.24. The van der Waals surface area contributed by atoms with Crippen molar-refractivity contribution < 1.29 is 26.7 Å². The minimum atomic E-state index is -3.47. The highest BCUT2D eigenvalue weighted by Crippen LogP contribution is 2.18. The Morgan fingerprint density at radius 3 is 2.46 bits per heavy atom. The Morgan fingerprint density at radius 2 is 1.86 bits per heavy atom. The first-order chi connectivity index (χ1) is 13.2. The molecule has 9 heteroatoms. The molecule has 1 unspecified atom stereocenters. The quantitative estimate of drug-likeness (QED) is 0.623. The van der Waals surface area contributed by atoms with Crippen LogP contribution in [0.4, 0.5) is 14.5 Å². The fraction of sp³-hybridized carbons (Fsp3) is 0.211. The fourth-order valence-electron chi connectivity index (χ4n) is 2.19. The molecule has 6 nitrogen and oxygen atoms in total. The number of carbonyl (C=O) groups excluding carboxylic acids is 1. The summed E-state index contributed by atoms with van der Waals surface area (Å²) in [5, 5.41) is 2.60. The fourth-order valence-corrected chi connectivity index (χ4v) is 3.30. The molecule has 0 aliphatic heterocycles. The highest BCUT2D eigenvalue weighted by Gasteiger charge is 2.16.